The molecule has 2 aliphatic rings. The second-order valence-electron chi connectivity index (χ2n) is 7.19. The first-order valence-electron chi connectivity index (χ1n) is 9.17. The second kappa shape index (κ2) is 7.92. The minimum atomic E-state index is -0.0966. The smallest absolute Gasteiger partial charge is 0.251 e. The van der Waals surface area contributed by atoms with Gasteiger partial charge in [-0.2, -0.15) is 0 Å². The van der Waals surface area contributed by atoms with E-state index < -0.39 is 0 Å². The van der Waals surface area contributed by atoms with Crippen molar-refractivity contribution in [3.63, 3.8) is 0 Å². The van der Waals surface area contributed by atoms with Gasteiger partial charge in [-0.15, -0.1) is 0 Å². The Labute approximate surface area is 143 Å². The number of carbonyl (C=O) groups is 1. The number of aromatic amines is 1. The summed E-state index contributed by atoms with van der Waals surface area (Å²) in [6, 6.07) is 1.57. The molecular weight excluding hydrogens is 304 g/mol. The molecule has 6 heteroatoms. The fourth-order valence-corrected chi connectivity index (χ4v) is 3.92. The molecule has 6 nitrogen and oxygen atoms in total. The number of amides is 1. The molecule has 1 saturated heterocycles. The first kappa shape index (κ1) is 17.1. The van der Waals surface area contributed by atoms with Crippen molar-refractivity contribution in [3.05, 3.63) is 27.9 Å². The highest BCUT2D eigenvalue weighted by molar-refractivity contribution is 5.76. The standard InChI is InChI=1S/C18H28N4O2/c1-14-19-16(12-17(23)20-14)13-21-7-4-8-22(10-9-21)18(24)11-15-5-2-3-6-15/h12,15H,2-11,13H2,1H3,(H,19,20,23). The Bertz CT molecular complexity index is 622. The van der Waals surface area contributed by atoms with Crippen molar-refractivity contribution < 1.29 is 4.79 Å². The van der Waals surface area contributed by atoms with E-state index in [9.17, 15) is 9.59 Å². The number of nitrogens with one attached hydrogen (secondary N) is 1. The van der Waals surface area contributed by atoms with Crippen LogP contribution in [0.1, 0.15) is 50.0 Å². The number of carbonyl (C=O) groups excluding carboxylic acids is 1. The van der Waals surface area contributed by atoms with Gasteiger partial charge in [0.1, 0.15) is 5.82 Å². The zero-order valence-electron chi connectivity index (χ0n) is 14.6. The molecule has 0 bridgehead atoms. The van der Waals surface area contributed by atoms with Gasteiger partial charge in [-0.25, -0.2) is 4.98 Å². The molecule has 3 rings (SSSR count). The molecule has 0 aromatic carbocycles. The zero-order valence-corrected chi connectivity index (χ0v) is 14.6. The molecule has 1 aliphatic carbocycles. The van der Waals surface area contributed by atoms with E-state index >= 15 is 0 Å². The van der Waals surface area contributed by atoms with E-state index in [1.807, 2.05) is 4.90 Å². The molecule has 1 aromatic rings. The van der Waals surface area contributed by atoms with Crippen LogP contribution in [0.4, 0.5) is 0 Å². The number of hydrogen-bond donors (Lipinski definition) is 1. The number of hydrogen-bond acceptors (Lipinski definition) is 4. The fraction of sp³-hybridized carbons (Fsp3) is 0.722. The van der Waals surface area contributed by atoms with Gasteiger partial charge in [0.2, 0.25) is 5.91 Å². The van der Waals surface area contributed by atoms with Crippen molar-refractivity contribution in [3.8, 4) is 0 Å². The van der Waals surface area contributed by atoms with Crippen LogP contribution in [0.2, 0.25) is 0 Å². The Kier molecular flexibility index (Phi) is 5.66. The second-order valence-corrected chi connectivity index (χ2v) is 7.19. The average molecular weight is 332 g/mol. The molecule has 24 heavy (non-hydrogen) atoms. The van der Waals surface area contributed by atoms with Gasteiger partial charge in [0, 0.05) is 45.2 Å². The Balaban J connectivity index is 1.52. The third kappa shape index (κ3) is 4.66. The molecule has 0 spiro atoms. The van der Waals surface area contributed by atoms with Crippen LogP contribution in [0.15, 0.2) is 10.9 Å². The maximum Gasteiger partial charge on any atom is 0.251 e. The molecule has 1 aromatic heterocycles. The van der Waals surface area contributed by atoms with Crippen molar-refractivity contribution in [1.29, 1.82) is 0 Å². The summed E-state index contributed by atoms with van der Waals surface area (Å²) in [7, 11) is 0. The lowest BCUT2D eigenvalue weighted by Crippen LogP contribution is -2.36. The molecule has 0 unspecified atom stereocenters. The lowest BCUT2D eigenvalue weighted by Gasteiger charge is -2.23. The van der Waals surface area contributed by atoms with Gasteiger partial charge in [-0.3, -0.25) is 14.5 Å². The molecule has 1 N–H and O–H groups in total. The summed E-state index contributed by atoms with van der Waals surface area (Å²) in [5, 5.41) is 0. The minimum Gasteiger partial charge on any atom is -0.341 e. The zero-order chi connectivity index (χ0) is 16.9. The highest BCUT2D eigenvalue weighted by atomic mass is 16.2. The van der Waals surface area contributed by atoms with Crippen LogP contribution in [-0.2, 0) is 11.3 Å². The van der Waals surface area contributed by atoms with E-state index in [1.54, 1.807) is 13.0 Å². The molecular formula is C18H28N4O2. The number of aryl methyl sites for hydroxylation is 1. The summed E-state index contributed by atoms with van der Waals surface area (Å²) in [6.07, 6.45) is 6.73. The van der Waals surface area contributed by atoms with Crippen molar-refractivity contribution in [2.45, 2.75) is 52.0 Å². The quantitative estimate of drug-likeness (QED) is 0.911. The summed E-state index contributed by atoms with van der Waals surface area (Å²) >= 11 is 0. The summed E-state index contributed by atoms with van der Waals surface area (Å²) in [6.45, 7) is 5.91. The molecule has 0 radical (unpaired) electrons. The van der Waals surface area contributed by atoms with E-state index in [0.29, 0.717) is 24.2 Å². The summed E-state index contributed by atoms with van der Waals surface area (Å²) in [5.74, 6) is 1.59. The van der Waals surface area contributed by atoms with Crippen LogP contribution in [0.5, 0.6) is 0 Å². The normalized spacial score (nSPS) is 20.3. The first-order valence-corrected chi connectivity index (χ1v) is 9.17. The van der Waals surface area contributed by atoms with Gasteiger partial charge < -0.3 is 9.88 Å². The van der Waals surface area contributed by atoms with Crippen molar-refractivity contribution >= 4 is 5.91 Å². The maximum atomic E-state index is 12.5. The van der Waals surface area contributed by atoms with E-state index in [2.05, 4.69) is 14.9 Å². The fourth-order valence-electron chi connectivity index (χ4n) is 3.92. The molecule has 1 aliphatic heterocycles. The number of aromatic nitrogens is 2. The van der Waals surface area contributed by atoms with Gasteiger partial charge in [0.15, 0.2) is 0 Å². The summed E-state index contributed by atoms with van der Waals surface area (Å²) < 4.78 is 0. The largest absolute Gasteiger partial charge is 0.341 e. The Hall–Kier alpha value is -1.69. The Morgan fingerprint density at radius 1 is 1.21 bits per heavy atom. The van der Waals surface area contributed by atoms with Gasteiger partial charge in [0.25, 0.3) is 5.56 Å². The van der Waals surface area contributed by atoms with Crippen molar-refractivity contribution in [2.75, 3.05) is 26.2 Å². The van der Waals surface area contributed by atoms with E-state index in [1.165, 1.54) is 25.7 Å². The number of H-pyrrole nitrogens is 1. The monoisotopic (exact) mass is 332 g/mol. The van der Waals surface area contributed by atoms with Crippen LogP contribution in [0.3, 0.4) is 0 Å². The van der Waals surface area contributed by atoms with Crippen LogP contribution in [-0.4, -0.2) is 51.9 Å². The molecule has 1 saturated carbocycles. The van der Waals surface area contributed by atoms with E-state index in [4.69, 9.17) is 0 Å². The maximum absolute atomic E-state index is 12.5. The lowest BCUT2D eigenvalue weighted by molar-refractivity contribution is -0.132. The molecule has 0 atom stereocenters. The SMILES string of the molecule is Cc1nc(CN2CCCN(C(=O)CC3CCCC3)CC2)cc(=O)[nH]1. The lowest BCUT2D eigenvalue weighted by atomic mass is 10.0. The molecule has 2 fully saturated rings. The Morgan fingerprint density at radius 3 is 2.75 bits per heavy atom. The van der Waals surface area contributed by atoms with Gasteiger partial charge >= 0.3 is 0 Å². The highest BCUT2D eigenvalue weighted by Crippen LogP contribution is 2.28. The predicted octanol–water partition coefficient (Wildman–Crippen LogP) is 1.69. The third-order valence-corrected chi connectivity index (χ3v) is 5.18. The summed E-state index contributed by atoms with van der Waals surface area (Å²) in [5.41, 5.74) is 0.711. The molecule has 132 valence electrons. The van der Waals surface area contributed by atoms with Gasteiger partial charge in [-0.1, -0.05) is 12.8 Å². The Morgan fingerprint density at radius 2 is 2.00 bits per heavy atom. The van der Waals surface area contributed by atoms with Crippen molar-refractivity contribution in [1.82, 2.24) is 19.8 Å². The molecule has 2 heterocycles. The average Bonchev–Trinajstić information content (AvgIpc) is 2.91. The van der Waals surface area contributed by atoms with E-state index in [0.717, 1.165) is 44.7 Å². The topological polar surface area (TPSA) is 69.3 Å². The number of nitrogens with zero attached hydrogens (tertiary/aromatic N) is 3. The van der Waals surface area contributed by atoms with Crippen molar-refractivity contribution in [2.24, 2.45) is 5.92 Å². The minimum absolute atomic E-state index is 0.0966. The number of rotatable bonds is 4. The van der Waals surface area contributed by atoms with Crippen LogP contribution >= 0.6 is 0 Å². The van der Waals surface area contributed by atoms with Gasteiger partial charge in [-0.05, 0) is 32.1 Å². The first-order chi connectivity index (χ1) is 11.6. The van der Waals surface area contributed by atoms with Crippen LogP contribution in [0.25, 0.3) is 0 Å². The highest BCUT2D eigenvalue weighted by Gasteiger charge is 2.24. The van der Waals surface area contributed by atoms with Crippen LogP contribution in [0, 0.1) is 12.8 Å². The van der Waals surface area contributed by atoms with E-state index in [-0.39, 0.29) is 5.56 Å². The third-order valence-electron chi connectivity index (χ3n) is 5.18. The molecule has 1 amide bonds. The predicted molar refractivity (Wildman–Crippen MR) is 92.6 cm³/mol. The van der Waals surface area contributed by atoms with Crippen LogP contribution < -0.4 is 5.56 Å². The van der Waals surface area contributed by atoms with Gasteiger partial charge in [0.05, 0.1) is 5.69 Å². The summed E-state index contributed by atoms with van der Waals surface area (Å²) in [4.78, 5) is 35.5.